The second-order valence-corrected chi connectivity index (χ2v) is 5.97. The Morgan fingerprint density at radius 1 is 1.23 bits per heavy atom. The Balaban J connectivity index is 0.00000242. The Hall–Kier alpha value is -0.820. The van der Waals surface area contributed by atoms with Crippen LogP contribution in [0.1, 0.15) is 37.7 Å². The van der Waals surface area contributed by atoms with E-state index in [9.17, 15) is 0 Å². The van der Waals surface area contributed by atoms with Crippen LogP contribution < -0.4 is 11.1 Å². The smallest absolute Gasteiger partial charge is 0.188 e. The molecule has 22 heavy (non-hydrogen) atoms. The molecule has 0 aliphatic heterocycles. The van der Waals surface area contributed by atoms with Crippen LogP contribution in [0.2, 0.25) is 0 Å². The Bertz CT molecular complexity index is 430. The molecule has 2 rings (SSSR count). The van der Waals surface area contributed by atoms with Gasteiger partial charge in [0.25, 0.3) is 0 Å². The first kappa shape index (κ1) is 19.2. The summed E-state index contributed by atoms with van der Waals surface area (Å²) in [6.07, 6.45) is 6.43. The summed E-state index contributed by atoms with van der Waals surface area (Å²) in [5, 5.41) is 3.35. The highest BCUT2D eigenvalue weighted by Crippen LogP contribution is 2.16. The van der Waals surface area contributed by atoms with E-state index in [1.165, 1.54) is 37.7 Å². The SMILES string of the molecule is CN(CCN=C(N)NC1CCCCC1)Cc1ccccc1.I. The number of aliphatic imine (C=N–C) groups is 1. The van der Waals surface area contributed by atoms with Crippen LogP contribution in [0, 0.1) is 0 Å². The molecule has 3 N–H and O–H groups in total. The van der Waals surface area contributed by atoms with E-state index in [1.807, 2.05) is 6.07 Å². The molecule has 1 aromatic carbocycles. The van der Waals surface area contributed by atoms with Crippen molar-refractivity contribution >= 4 is 29.9 Å². The molecule has 0 heterocycles. The van der Waals surface area contributed by atoms with Gasteiger partial charge < -0.3 is 16.0 Å². The van der Waals surface area contributed by atoms with Crippen LogP contribution in [0.4, 0.5) is 0 Å². The molecular formula is C17H29IN4. The fourth-order valence-electron chi connectivity index (χ4n) is 2.82. The van der Waals surface area contributed by atoms with E-state index in [0.717, 1.165) is 19.6 Å². The second kappa shape index (κ2) is 10.8. The molecular weight excluding hydrogens is 387 g/mol. The van der Waals surface area contributed by atoms with Crippen molar-refractivity contribution in [2.24, 2.45) is 10.7 Å². The van der Waals surface area contributed by atoms with Gasteiger partial charge in [-0.1, -0.05) is 49.6 Å². The number of guanidine groups is 1. The van der Waals surface area contributed by atoms with E-state index in [4.69, 9.17) is 5.73 Å². The lowest BCUT2D eigenvalue weighted by Crippen LogP contribution is -2.41. The molecule has 1 aliphatic rings. The molecule has 4 nitrogen and oxygen atoms in total. The van der Waals surface area contributed by atoms with Crippen molar-refractivity contribution in [1.82, 2.24) is 10.2 Å². The number of likely N-dealkylation sites (N-methyl/N-ethyl adjacent to an activating group) is 1. The largest absolute Gasteiger partial charge is 0.370 e. The number of nitrogens with two attached hydrogens (primary N) is 1. The second-order valence-electron chi connectivity index (χ2n) is 5.97. The van der Waals surface area contributed by atoms with E-state index in [-0.39, 0.29) is 24.0 Å². The third kappa shape index (κ3) is 7.45. The molecule has 1 saturated carbocycles. The standard InChI is InChI=1S/C17H28N4.HI/c1-21(14-15-8-4-2-5-9-15)13-12-19-17(18)20-16-10-6-3-7-11-16;/h2,4-5,8-9,16H,3,6-7,10-14H2,1H3,(H3,18,19,20);1H. The lowest BCUT2D eigenvalue weighted by Gasteiger charge is -2.23. The zero-order valence-corrected chi connectivity index (χ0v) is 15.8. The Morgan fingerprint density at radius 3 is 2.59 bits per heavy atom. The molecule has 0 radical (unpaired) electrons. The van der Waals surface area contributed by atoms with E-state index < -0.39 is 0 Å². The summed E-state index contributed by atoms with van der Waals surface area (Å²) in [7, 11) is 2.12. The maximum Gasteiger partial charge on any atom is 0.188 e. The van der Waals surface area contributed by atoms with Crippen molar-refractivity contribution < 1.29 is 0 Å². The van der Waals surface area contributed by atoms with Crippen molar-refractivity contribution in [3.8, 4) is 0 Å². The summed E-state index contributed by atoms with van der Waals surface area (Å²) >= 11 is 0. The molecule has 0 spiro atoms. The summed E-state index contributed by atoms with van der Waals surface area (Å²) in [4.78, 5) is 6.71. The minimum Gasteiger partial charge on any atom is -0.370 e. The molecule has 1 aliphatic carbocycles. The van der Waals surface area contributed by atoms with Crippen LogP contribution >= 0.6 is 24.0 Å². The van der Waals surface area contributed by atoms with Gasteiger partial charge in [-0.3, -0.25) is 4.99 Å². The maximum atomic E-state index is 5.96. The summed E-state index contributed by atoms with van der Waals surface area (Å²) in [5.74, 6) is 0.606. The first-order valence-corrected chi connectivity index (χ1v) is 8.03. The van der Waals surface area contributed by atoms with E-state index >= 15 is 0 Å². The van der Waals surface area contributed by atoms with Crippen molar-refractivity contribution in [2.45, 2.75) is 44.7 Å². The quantitative estimate of drug-likeness (QED) is 0.426. The highest BCUT2D eigenvalue weighted by Gasteiger charge is 2.13. The Kier molecular flexibility index (Phi) is 9.47. The molecule has 0 aromatic heterocycles. The van der Waals surface area contributed by atoms with Gasteiger partial charge in [0.15, 0.2) is 5.96 Å². The van der Waals surface area contributed by atoms with Gasteiger partial charge in [0.1, 0.15) is 0 Å². The third-order valence-corrected chi connectivity index (χ3v) is 4.02. The fraction of sp³-hybridized carbons (Fsp3) is 0.588. The summed E-state index contributed by atoms with van der Waals surface area (Å²) in [6, 6.07) is 11.0. The van der Waals surface area contributed by atoms with Crippen LogP contribution in [-0.2, 0) is 6.54 Å². The average Bonchev–Trinajstić information content (AvgIpc) is 2.49. The van der Waals surface area contributed by atoms with Crippen LogP contribution in [-0.4, -0.2) is 37.0 Å². The van der Waals surface area contributed by atoms with Gasteiger partial charge in [0, 0.05) is 19.1 Å². The van der Waals surface area contributed by atoms with Gasteiger partial charge in [0.05, 0.1) is 6.54 Å². The van der Waals surface area contributed by atoms with Gasteiger partial charge in [-0.05, 0) is 25.5 Å². The highest BCUT2D eigenvalue weighted by molar-refractivity contribution is 14.0. The topological polar surface area (TPSA) is 53.6 Å². The lowest BCUT2D eigenvalue weighted by molar-refractivity contribution is 0.336. The lowest BCUT2D eigenvalue weighted by atomic mass is 9.96. The molecule has 0 amide bonds. The minimum absolute atomic E-state index is 0. The van der Waals surface area contributed by atoms with Crippen molar-refractivity contribution in [3.05, 3.63) is 35.9 Å². The molecule has 124 valence electrons. The van der Waals surface area contributed by atoms with Gasteiger partial charge in [-0.2, -0.15) is 0 Å². The van der Waals surface area contributed by atoms with E-state index in [2.05, 4.69) is 46.5 Å². The van der Waals surface area contributed by atoms with Crippen molar-refractivity contribution in [2.75, 3.05) is 20.1 Å². The zero-order valence-electron chi connectivity index (χ0n) is 13.5. The van der Waals surface area contributed by atoms with Crippen LogP contribution in [0.15, 0.2) is 35.3 Å². The van der Waals surface area contributed by atoms with Crippen molar-refractivity contribution in [1.29, 1.82) is 0 Å². The normalized spacial score (nSPS) is 16.4. The first-order valence-electron chi connectivity index (χ1n) is 8.03. The number of nitrogens with zero attached hydrogens (tertiary/aromatic N) is 2. The van der Waals surface area contributed by atoms with Gasteiger partial charge in [-0.25, -0.2) is 0 Å². The number of nitrogens with one attached hydrogen (secondary N) is 1. The van der Waals surface area contributed by atoms with Crippen molar-refractivity contribution in [3.63, 3.8) is 0 Å². The minimum atomic E-state index is 0. The molecule has 0 unspecified atom stereocenters. The Morgan fingerprint density at radius 2 is 1.91 bits per heavy atom. The fourth-order valence-corrected chi connectivity index (χ4v) is 2.82. The predicted octanol–water partition coefficient (Wildman–Crippen LogP) is 2.97. The van der Waals surface area contributed by atoms with Crippen LogP contribution in [0.3, 0.4) is 0 Å². The van der Waals surface area contributed by atoms with Crippen LogP contribution in [0.5, 0.6) is 0 Å². The zero-order chi connectivity index (χ0) is 14.9. The average molecular weight is 416 g/mol. The number of benzene rings is 1. The molecule has 0 saturated heterocycles. The monoisotopic (exact) mass is 416 g/mol. The maximum absolute atomic E-state index is 5.96. The first-order chi connectivity index (χ1) is 10.2. The summed E-state index contributed by atoms with van der Waals surface area (Å²) in [6.45, 7) is 2.61. The Labute approximate surface area is 151 Å². The van der Waals surface area contributed by atoms with Gasteiger partial charge in [0.2, 0.25) is 0 Å². The summed E-state index contributed by atoms with van der Waals surface area (Å²) in [5.41, 5.74) is 7.29. The molecule has 5 heteroatoms. The number of rotatable bonds is 6. The molecule has 0 atom stereocenters. The molecule has 0 bridgehead atoms. The number of hydrogen-bond acceptors (Lipinski definition) is 2. The summed E-state index contributed by atoms with van der Waals surface area (Å²) < 4.78 is 0. The van der Waals surface area contributed by atoms with E-state index in [0.29, 0.717) is 12.0 Å². The number of halogens is 1. The van der Waals surface area contributed by atoms with E-state index in [1.54, 1.807) is 0 Å². The number of hydrogen-bond donors (Lipinski definition) is 2. The third-order valence-electron chi connectivity index (χ3n) is 4.02. The molecule has 1 fully saturated rings. The van der Waals surface area contributed by atoms with Crippen LogP contribution in [0.25, 0.3) is 0 Å². The van der Waals surface area contributed by atoms with Gasteiger partial charge >= 0.3 is 0 Å². The molecule has 1 aromatic rings. The van der Waals surface area contributed by atoms with Gasteiger partial charge in [-0.15, -0.1) is 24.0 Å². The highest BCUT2D eigenvalue weighted by atomic mass is 127. The predicted molar refractivity (Wildman–Crippen MR) is 105 cm³/mol.